The van der Waals surface area contributed by atoms with E-state index in [4.69, 9.17) is 10.8 Å². The summed E-state index contributed by atoms with van der Waals surface area (Å²) in [5.41, 5.74) is 9.96. The van der Waals surface area contributed by atoms with E-state index in [1.54, 1.807) is 6.07 Å². The van der Waals surface area contributed by atoms with Gasteiger partial charge in [-0.05, 0) is 61.6 Å². The van der Waals surface area contributed by atoms with Gasteiger partial charge in [0.25, 0.3) is 5.91 Å². The maximum absolute atomic E-state index is 13.0. The van der Waals surface area contributed by atoms with Crippen LogP contribution >= 0.6 is 0 Å². The second-order valence-corrected chi connectivity index (χ2v) is 10.5. The Morgan fingerprint density at radius 3 is 2.53 bits per heavy atom. The molecule has 0 spiro atoms. The lowest BCUT2D eigenvalue weighted by Gasteiger charge is -2.30. The molecule has 7 heteroatoms. The maximum atomic E-state index is 13.0. The third-order valence-electron chi connectivity index (χ3n) is 6.69. The van der Waals surface area contributed by atoms with Crippen LogP contribution in [0.4, 0.5) is 5.69 Å². The summed E-state index contributed by atoms with van der Waals surface area (Å²) < 4.78 is 1.88. The average Bonchev–Trinajstić information content (AvgIpc) is 3.08. The minimum absolute atomic E-state index is 0.131. The van der Waals surface area contributed by atoms with Crippen molar-refractivity contribution in [3.63, 3.8) is 0 Å². The highest BCUT2D eigenvalue weighted by molar-refractivity contribution is 6.00. The number of aliphatic hydroxyl groups is 1. The van der Waals surface area contributed by atoms with Crippen LogP contribution in [0.25, 0.3) is 5.69 Å². The second-order valence-electron chi connectivity index (χ2n) is 10.5. The van der Waals surface area contributed by atoms with E-state index in [1.807, 2.05) is 16.8 Å². The molecule has 0 radical (unpaired) electrons. The third kappa shape index (κ3) is 4.31. The van der Waals surface area contributed by atoms with Gasteiger partial charge in [0.05, 0.1) is 34.3 Å². The zero-order valence-electron chi connectivity index (χ0n) is 19.4. The SMILES string of the molecule is CC(C)c1nn(-c2ccc(C(N)=O)c(N[C@H]3CC[C@H](O)CC3)c2)c2c1C(=O)CC(C)(C)C2. The van der Waals surface area contributed by atoms with Crippen molar-refractivity contribution in [1.29, 1.82) is 0 Å². The topological polar surface area (TPSA) is 110 Å². The van der Waals surface area contributed by atoms with Crippen molar-refractivity contribution in [2.45, 2.75) is 84.3 Å². The monoisotopic (exact) mass is 438 g/mol. The summed E-state index contributed by atoms with van der Waals surface area (Å²) in [7, 11) is 0. The molecule has 1 amide bonds. The Hall–Kier alpha value is -2.67. The number of nitrogens with one attached hydrogen (secondary N) is 1. The number of Topliss-reactive ketones (excluding diaryl/α,β-unsaturated/α-hetero) is 1. The highest BCUT2D eigenvalue weighted by atomic mass is 16.3. The first kappa shape index (κ1) is 22.5. The van der Waals surface area contributed by atoms with Gasteiger partial charge >= 0.3 is 0 Å². The second kappa shape index (κ2) is 8.35. The van der Waals surface area contributed by atoms with Crippen molar-refractivity contribution in [3.8, 4) is 5.69 Å². The van der Waals surface area contributed by atoms with Gasteiger partial charge in [0.2, 0.25) is 0 Å². The molecule has 1 saturated carbocycles. The Bertz CT molecular complexity index is 1050. The number of fused-ring (bicyclic) bond motifs is 1. The highest BCUT2D eigenvalue weighted by Crippen LogP contribution is 2.39. The Kier molecular flexibility index (Phi) is 5.88. The molecule has 2 aromatic rings. The van der Waals surface area contributed by atoms with Crippen molar-refractivity contribution in [2.24, 2.45) is 11.1 Å². The minimum atomic E-state index is -0.489. The van der Waals surface area contributed by atoms with Gasteiger partial charge in [-0.3, -0.25) is 9.59 Å². The van der Waals surface area contributed by atoms with Gasteiger partial charge in [-0.15, -0.1) is 0 Å². The number of carbonyl (C=O) groups excluding carboxylic acids is 2. The van der Waals surface area contributed by atoms with Crippen molar-refractivity contribution in [1.82, 2.24) is 9.78 Å². The fourth-order valence-electron chi connectivity index (χ4n) is 5.03. The van der Waals surface area contributed by atoms with Gasteiger partial charge in [-0.25, -0.2) is 4.68 Å². The normalized spacial score (nSPS) is 22.6. The number of primary amides is 1. The molecule has 2 aliphatic rings. The number of anilines is 1. The van der Waals surface area contributed by atoms with E-state index in [0.29, 0.717) is 17.7 Å². The molecule has 0 unspecified atom stereocenters. The van der Waals surface area contributed by atoms with E-state index >= 15 is 0 Å². The number of nitrogens with two attached hydrogens (primary N) is 1. The van der Waals surface area contributed by atoms with Gasteiger partial charge in [0.1, 0.15) is 0 Å². The fraction of sp³-hybridized carbons (Fsp3) is 0.560. The maximum Gasteiger partial charge on any atom is 0.250 e. The Balaban J connectivity index is 1.78. The summed E-state index contributed by atoms with van der Waals surface area (Å²) in [5.74, 6) is -0.207. The first-order valence-corrected chi connectivity index (χ1v) is 11.6. The van der Waals surface area contributed by atoms with E-state index in [-0.39, 0.29) is 29.3 Å². The summed E-state index contributed by atoms with van der Waals surface area (Å²) in [4.78, 5) is 25.1. The number of nitrogens with zero attached hydrogens (tertiary/aromatic N) is 2. The third-order valence-corrected chi connectivity index (χ3v) is 6.69. The molecule has 4 N–H and O–H groups in total. The molecule has 1 aromatic heterocycles. The summed E-state index contributed by atoms with van der Waals surface area (Å²) in [6.45, 7) is 8.34. The number of amides is 1. The number of aliphatic hydroxyl groups excluding tert-OH is 1. The lowest BCUT2D eigenvalue weighted by molar-refractivity contribution is 0.0908. The number of ketones is 1. The summed E-state index contributed by atoms with van der Waals surface area (Å²) >= 11 is 0. The molecule has 0 bridgehead atoms. The van der Waals surface area contributed by atoms with Gasteiger partial charge in [0.15, 0.2) is 5.78 Å². The van der Waals surface area contributed by atoms with E-state index in [2.05, 4.69) is 33.0 Å². The highest BCUT2D eigenvalue weighted by Gasteiger charge is 2.37. The lowest BCUT2D eigenvalue weighted by Crippen LogP contribution is -2.29. The number of hydrogen-bond acceptors (Lipinski definition) is 5. The molecule has 1 aromatic carbocycles. The largest absolute Gasteiger partial charge is 0.393 e. The number of aromatic nitrogens is 2. The predicted molar refractivity (Wildman–Crippen MR) is 124 cm³/mol. The van der Waals surface area contributed by atoms with Crippen LogP contribution in [-0.2, 0) is 6.42 Å². The Labute approximate surface area is 189 Å². The number of rotatable bonds is 5. The van der Waals surface area contributed by atoms with Crippen LogP contribution in [0.5, 0.6) is 0 Å². The van der Waals surface area contributed by atoms with Crippen molar-refractivity contribution < 1.29 is 14.7 Å². The van der Waals surface area contributed by atoms with Gasteiger partial charge in [-0.2, -0.15) is 5.10 Å². The molecule has 2 aliphatic carbocycles. The van der Waals surface area contributed by atoms with E-state index < -0.39 is 5.91 Å². The zero-order valence-corrected chi connectivity index (χ0v) is 19.4. The van der Waals surface area contributed by atoms with Gasteiger partial charge in [-0.1, -0.05) is 27.7 Å². The first-order chi connectivity index (χ1) is 15.1. The van der Waals surface area contributed by atoms with Gasteiger partial charge < -0.3 is 16.2 Å². The van der Waals surface area contributed by atoms with Crippen molar-refractivity contribution in [2.75, 3.05) is 5.32 Å². The number of benzene rings is 1. The van der Waals surface area contributed by atoms with Crippen LogP contribution in [0.1, 0.15) is 97.8 Å². The molecule has 0 saturated heterocycles. The zero-order chi connectivity index (χ0) is 23.2. The van der Waals surface area contributed by atoms with Gasteiger partial charge in [0, 0.05) is 18.2 Å². The van der Waals surface area contributed by atoms with E-state index in [1.165, 1.54) is 0 Å². The smallest absolute Gasteiger partial charge is 0.250 e. The molecule has 1 heterocycles. The molecule has 4 rings (SSSR count). The van der Waals surface area contributed by atoms with Crippen molar-refractivity contribution >= 4 is 17.4 Å². The molecule has 7 nitrogen and oxygen atoms in total. The fourth-order valence-corrected chi connectivity index (χ4v) is 5.03. The Morgan fingerprint density at radius 1 is 1.22 bits per heavy atom. The summed E-state index contributed by atoms with van der Waals surface area (Å²) in [6.07, 6.45) is 4.18. The molecule has 172 valence electrons. The summed E-state index contributed by atoms with van der Waals surface area (Å²) in [6, 6.07) is 5.66. The van der Waals surface area contributed by atoms with Crippen LogP contribution in [0, 0.1) is 5.41 Å². The van der Waals surface area contributed by atoms with Crippen LogP contribution < -0.4 is 11.1 Å². The standard InChI is InChI=1S/C25H34N4O3/c1-14(2)23-22-20(12-25(3,4)13-21(22)31)29(28-23)16-7-10-18(24(26)32)19(11-16)27-15-5-8-17(30)9-6-15/h7,10-11,14-15,17,27,30H,5-6,8-9,12-13H2,1-4H3,(H2,26,32)/t15-,17-. The molecular weight excluding hydrogens is 404 g/mol. The van der Waals surface area contributed by atoms with E-state index in [9.17, 15) is 14.7 Å². The average molecular weight is 439 g/mol. The quantitative estimate of drug-likeness (QED) is 0.654. The van der Waals surface area contributed by atoms with Crippen LogP contribution in [0.2, 0.25) is 0 Å². The molecule has 0 atom stereocenters. The van der Waals surface area contributed by atoms with Crippen LogP contribution in [0.3, 0.4) is 0 Å². The number of hydrogen-bond donors (Lipinski definition) is 3. The van der Waals surface area contributed by atoms with E-state index in [0.717, 1.165) is 54.7 Å². The predicted octanol–water partition coefficient (Wildman–Crippen LogP) is 3.97. The first-order valence-electron chi connectivity index (χ1n) is 11.6. The lowest BCUT2D eigenvalue weighted by atomic mass is 9.75. The van der Waals surface area contributed by atoms with Crippen LogP contribution in [0.15, 0.2) is 18.2 Å². The van der Waals surface area contributed by atoms with Crippen LogP contribution in [-0.4, -0.2) is 38.7 Å². The molecule has 0 aliphatic heterocycles. The molecule has 1 fully saturated rings. The summed E-state index contributed by atoms with van der Waals surface area (Å²) in [5, 5.41) is 18.2. The number of carbonyl (C=O) groups is 2. The minimum Gasteiger partial charge on any atom is -0.393 e. The Morgan fingerprint density at radius 2 is 1.91 bits per heavy atom. The molecular formula is C25H34N4O3. The van der Waals surface area contributed by atoms with Crippen molar-refractivity contribution in [3.05, 3.63) is 40.7 Å². The molecule has 32 heavy (non-hydrogen) atoms.